The quantitative estimate of drug-likeness (QED) is 0.545. The third-order valence-electron chi connectivity index (χ3n) is 2.82. The van der Waals surface area contributed by atoms with E-state index in [4.69, 9.17) is 13.9 Å². The van der Waals surface area contributed by atoms with Gasteiger partial charge in [0.2, 0.25) is 0 Å². The molecule has 1 heterocycles. The topological polar surface area (TPSA) is 77.8 Å². The van der Waals surface area contributed by atoms with E-state index in [1.165, 1.54) is 30.3 Å². The summed E-state index contributed by atoms with van der Waals surface area (Å²) in [5.74, 6) is -0.754. The summed E-state index contributed by atoms with van der Waals surface area (Å²) in [6.45, 7) is 0.226. The largest absolute Gasteiger partial charge is 0.493 e. The molecule has 1 aromatic heterocycles. The van der Waals surface area contributed by atoms with E-state index >= 15 is 0 Å². The van der Waals surface area contributed by atoms with Crippen molar-refractivity contribution < 1.29 is 27.9 Å². The molecule has 24 heavy (non-hydrogen) atoms. The molecule has 0 aliphatic rings. The van der Waals surface area contributed by atoms with Crippen molar-refractivity contribution >= 4 is 27.8 Å². The van der Waals surface area contributed by atoms with Crippen LogP contribution >= 0.6 is 15.9 Å². The van der Waals surface area contributed by atoms with Crippen LogP contribution in [-0.2, 0) is 9.53 Å². The third kappa shape index (κ3) is 6.04. The maximum Gasteiger partial charge on any atom is 0.325 e. The van der Waals surface area contributed by atoms with Crippen molar-refractivity contribution in [3.8, 4) is 5.75 Å². The van der Waals surface area contributed by atoms with Crippen LogP contribution in [0.15, 0.2) is 45.5 Å². The molecule has 0 saturated carbocycles. The lowest BCUT2D eigenvalue weighted by molar-refractivity contribution is -0.142. The molecule has 0 atom stereocenters. The van der Waals surface area contributed by atoms with Crippen molar-refractivity contribution in [2.24, 2.45) is 0 Å². The number of esters is 1. The highest BCUT2D eigenvalue weighted by Gasteiger charge is 2.12. The predicted molar refractivity (Wildman–Crippen MR) is 86.2 cm³/mol. The Morgan fingerprint density at radius 1 is 1.12 bits per heavy atom. The molecule has 8 heteroatoms. The molecule has 0 radical (unpaired) electrons. The maximum atomic E-state index is 12.7. The number of ether oxygens (including phenoxy) is 2. The van der Waals surface area contributed by atoms with Gasteiger partial charge in [-0.3, -0.25) is 9.59 Å². The minimum Gasteiger partial charge on any atom is -0.493 e. The first kappa shape index (κ1) is 18.0. The van der Waals surface area contributed by atoms with Gasteiger partial charge in [-0.2, -0.15) is 0 Å². The highest BCUT2D eigenvalue weighted by Crippen LogP contribution is 2.13. The number of hydrogen-bond donors (Lipinski definition) is 1. The molecule has 0 bridgehead atoms. The summed E-state index contributed by atoms with van der Waals surface area (Å²) in [6.07, 6.45) is 0.474. The van der Waals surface area contributed by atoms with Gasteiger partial charge in [0.1, 0.15) is 18.1 Å². The van der Waals surface area contributed by atoms with Gasteiger partial charge in [0.25, 0.3) is 5.91 Å². The van der Waals surface area contributed by atoms with Gasteiger partial charge in [-0.25, -0.2) is 4.39 Å². The second kappa shape index (κ2) is 9.07. The summed E-state index contributed by atoms with van der Waals surface area (Å²) in [4.78, 5) is 23.1. The first-order chi connectivity index (χ1) is 11.5. The minimum absolute atomic E-state index is 0.0994. The summed E-state index contributed by atoms with van der Waals surface area (Å²) in [6, 6.07) is 8.70. The van der Waals surface area contributed by atoms with Crippen LogP contribution in [0.3, 0.4) is 0 Å². The number of rotatable bonds is 8. The molecule has 0 spiro atoms. The lowest BCUT2D eigenvalue weighted by atomic mass is 10.3. The zero-order chi connectivity index (χ0) is 17.4. The minimum atomic E-state index is -0.559. The summed E-state index contributed by atoms with van der Waals surface area (Å²) in [5.41, 5.74) is 0. The Morgan fingerprint density at radius 2 is 1.88 bits per heavy atom. The highest BCUT2D eigenvalue weighted by molar-refractivity contribution is 9.10. The average molecular weight is 400 g/mol. The van der Waals surface area contributed by atoms with Crippen molar-refractivity contribution in [2.45, 2.75) is 6.42 Å². The Morgan fingerprint density at radius 3 is 2.54 bits per heavy atom. The molecule has 6 nitrogen and oxygen atoms in total. The van der Waals surface area contributed by atoms with Gasteiger partial charge in [0.15, 0.2) is 10.4 Å². The van der Waals surface area contributed by atoms with Crippen LogP contribution < -0.4 is 10.1 Å². The number of benzene rings is 1. The van der Waals surface area contributed by atoms with Crippen LogP contribution in [0, 0.1) is 5.82 Å². The van der Waals surface area contributed by atoms with E-state index < -0.39 is 11.9 Å². The average Bonchev–Trinajstić information content (AvgIpc) is 3.00. The second-order valence-electron chi connectivity index (χ2n) is 4.66. The Kier molecular flexibility index (Phi) is 6.80. The van der Waals surface area contributed by atoms with E-state index in [2.05, 4.69) is 21.2 Å². The van der Waals surface area contributed by atoms with Crippen LogP contribution in [-0.4, -0.2) is 31.6 Å². The van der Waals surface area contributed by atoms with Gasteiger partial charge >= 0.3 is 5.97 Å². The monoisotopic (exact) mass is 399 g/mol. The second-order valence-corrected chi connectivity index (χ2v) is 5.44. The van der Waals surface area contributed by atoms with E-state index in [9.17, 15) is 14.0 Å². The SMILES string of the molecule is O=C(CNC(=O)c1ccc(Br)o1)OCCCOc1ccc(F)cc1. The van der Waals surface area contributed by atoms with Crippen LogP contribution in [0.5, 0.6) is 5.75 Å². The van der Waals surface area contributed by atoms with E-state index in [0.717, 1.165) is 0 Å². The van der Waals surface area contributed by atoms with Crippen molar-refractivity contribution in [1.82, 2.24) is 5.32 Å². The molecule has 128 valence electrons. The zero-order valence-corrected chi connectivity index (χ0v) is 14.2. The van der Waals surface area contributed by atoms with Gasteiger partial charge in [0.05, 0.1) is 13.2 Å². The fraction of sp³-hybridized carbons (Fsp3) is 0.250. The Hall–Kier alpha value is -2.35. The number of hydrogen-bond acceptors (Lipinski definition) is 5. The lowest BCUT2D eigenvalue weighted by Gasteiger charge is -2.07. The third-order valence-corrected chi connectivity index (χ3v) is 3.25. The number of halogens is 2. The van der Waals surface area contributed by atoms with Crippen LogP contribution in [0.25, 0.3) is 0 Å². The van der Waals surface area contributed by atoms with E-state index in [0.29, 0.717) is 23.4 Å². The van der Waals surface area contributed by atoms with Crippen LogP contribution in [0.1, 0.15) is 17.0 Å². The van der Waals surface area contributed by atoms with Gasteiger partial charge in [-0.05, 0) is 52.3 Å². The van der Waals surface area contributed by atoms with Gasteiger partial charge in [-0.15, -0.1) is 0 Å². The first-order valence-corrected chi connectivity index (χ1v) is 7.91. The Bertz CT molecular complexity index is 686. The fourth-order valence-corrected chi connectivity index (χ4v) is 2.00. The van der Waals surface area contributed by atoms with Gasteiger partial charge in [0, 0.05) is 6.42 Å². The summed E-state index contributed by atoms with van der Waals surface area (Å²) < 4.78 is 28.5. The standard InChI is InChI=1S/C16H15BrFNO5/c17-14-7-6-13(24-14)16(21)19-10-15(20)23-9-1-8-22-12-4-2-11(18)3-5-12/h2-7H,1,8-10H2,(H,19,21). The predicted octanol–water partition coefficient (Wildman–Crippen LogP) is 2.92. The number of furan rings is 1. The van der Waals surface area contributed by atoms with Crippen molar-refractivity contribution in [3.05, 3.63) is 52.6 Å². The van der Waals surface area contributed by atoms with Crippen molar-refractivity contribution in [2.75, 3.05) is 19.8 Å². The van der Waals surface area contributed by atoms with Gasteiger partial charge in [-0.1, -0.05) is 0 Å². The zero-order valence-electron chi connectivity index (χ0n) is 12.6. The molecular weight excluding hydrogens is 385 g/mol. The number of amides is 1. The molecular formula is C16H15BrFNO5. The van der Waals surface area contributed by atoms with E-state index in [1.54, 1.807) is 6.07 Å². The summed E-state index contributed by atoms with van der Waals surface area (Å²) >= 11 is 3.08. The maximum absolute atomic E-state index is 12.7. The van der Waals surface area contributed by atoms with Gasteiger partial charge < -0.3 is 19.2 Å². The molecule has 2 aromatic rings. The number of nitrogens with one attached hydrogen (secondary N) is 1. The molecule has 0 saturated heterocycles. The molecule has 0 aliphatic carbocycles. The Labute approximate surface area is 146 Å². The molecule has 0 aliphatic heterocycles. The first-order valence-electron chi connectivity index (χ1n) is 7.12. The summed E-state index contributed by atoms with van der Waals surface area (Å²) in [5, 5.41) is 2.39. The van der Waals surface area contributed by atoms with Crippen molar-refractivity contribution in [1.29, 1.82) is 0 Å². The summed E-state index contributed by atoms with van der Waals surface area (Å²) in [7, 11) is 0. The molecule has 0 unspecified atom stereocenters. The number of carbonyl (C=O) groups is 2. The fourth-order valence-electron chi connectivity index (χ4n) is 1.69. The highest BCUT2D eigenvalue weighted by atomic mass is 79.9. The molecule has 0 fully saturated rings. The van der Waals surface area contributed by atoms with Crippen LogP contribution in [0.4, 0.5) is 4.39 Å². The molecule has 1 aromatic carbocycles. The van der Waals surface area contributed by atoms with Crippen LogP contribution in [0.2, 0.25) is 0 Å². The van der Waals surface area contributed by atoms with E-state index in [-0.39, 0.29) is 24.7 Å². The molecule has 2 rings (SSSR count). The number of carbonyl (C=O) groups excluding carboxylic acids is 2. The smallest absolute Gasteiger partial charge is 0.325 e. The molecule has 1 N–H and O–H groups in total. The van der Waals surface area contributed by atoms with E-state index in [1.807, 2.05) is 0 Å². The lowest BCUT2D eigenvalue weighted by Crippen LogP contribution is -2.30. The normalized spacial score (nSPS) is 10.2. The van der Waals surface area contributed by atoms with Crippen molar-refractivity contribution in [3.63, 3.8) is 0 Å². The molecule has 1 amide bonds. The Balaban J connectivity index is 1.56.